The molecule has 2 amide bonds. The predicted molar refractivity (Wildman–Crippen MR) is 49.2 cm³/mol. The van der Waals surface area contributed by atoms with Crippen LogP contribution in [0.4, 0.5) is 4.79 Å². The molecule has 80 valence electrons. The number of urea groups is 1. The molecular weight excluding hydrogens is 200 g/mol. The summed E-state index contributed by atoms with van der Waals surface area (Å²) in [7, 11) is 0. The smallest absolute Gasteiger partial charge is 0.356 e. The molecule has 15 heavy (non-hydrogen) atoms. The minimum atomic E-state index is -1.10. The van der Waals surface area contributed by atoms with Gasteiger partial charge >= 0.3 is 12.0 Å². The number of carboxylic acid groups (broad SMARTS) is 1. The zero-order valence-electron chi connectivity index (χ0n) is 7.86. The van der Waals surface area contributed by atoms with Crippen molar-refractivity contribution in [2.75, 3.05) is 6.54 Å². The van der Waals surface area contributed by atoms with Crippen LogP contribution in [0.5, 0.6) is 0 Å². The summed E-state index contributed by atoms with van der Waals surface area (Å²) in [6, 6.07) is -0.543. The Kier molecular flexibility index (Phi) is 2.07. The summed E-state index contributed by atoms with van der Waals surface area (Å²) in [5.41, 5.74) is 6.41. The van der Waals surface area contributed by atoms with Gasteiger partial charge in [-0.05, 0) is 0 Å². The molecule has 1 aliphatic rings. The normalized spacial score (nSPS) is 14.8. The number of carboxylic acids is 1. The predicted octanol–water partition coefficient (Wildman–Crippen LogP) is -0.455. The molecule has 2 heterocycles. The third kappa shape index (κ3) is 1.51. The van der Waals surface area contributed by atoms with Crippen molar-refractivity contribution in [3.8, 4) is 0 Å². The second kappa shape index (κ2) is 3.26. The fourth-order valence-corrected chi connectivity index (χ4v) is 1.66. The first kappa shape index (κ1) is 9.50. The number of hydrogen-bond donors (Lipinski definition) is 3. The summed E-state index contributed by atoms with van der Waals surface area (Å²) in [4.78, 5) is 23.1. The van der Waals surface area contributed by atoms with Crippen LogP contribution in [0.1, 0.15) is 21.7 Å². The number of primary amides is 1. The molecule has 0 fully saturated rings. The van der Waals surface area contributed by atoms with E-state index in [0.29, 0.717) is 18.5 Å². The summed E-state index contributed by atoms with van der Waals surface area (Å²) in [6.45, 7) is 0.701. The molecule has 0 atom stereocenters. The van der Waals surface area contributed by atoms with E-state index in [2.05, 4.69) is 10.2 Å². The number of aromatic nitrogens is 2. The van der Waals surface area contributed by atoms with Crippen LogP contribution in [0.3, 0.4) is 0 Å². The number of nitrogens with zero attached hydrogens (tertiary/aromatic N) is 2. The first-order valence-electron chi connectivity index (χ1n) is 4.43. The molecule has 0 radical (unpaired) electrons. The van der Waals surface area contributed by atoms with Gasteiger partial charge in [-0.25, -0.2) is 9.59 Å². The van der Waals surface area contributed by atoms with Gasteiger partial charge in [0.15, 0.2) is 5.69 Å². The van der Waals surface area contributed by atoms with Crippen molar-refractivity contribution in [2.45, 2.75) is 13.0 Å². The van der Waals surface area contributed by atoms with Crippen molar-refractivity contribution >= 4 is 12.0 Å². The second-order valence-corrected chi connectivity index (χ2v) is 3.34. The van der Waals surface area contributed by atoms with Gasteiger partial charge in [-0.2, -0.15) is 5.10 Å². The lowest BCUT2D eigenvalue weighted by molar-refractivity contribution is 0.0687. The Morgan fingerprint density at radius 1 is 1.53 bits per heavy atom. The van der Waals surface area contributed by atoms with Crippen LogP contribution < -0.4 is 5.73 Å². The Hall–Kier alpha value is -2.05. The van der Waals surface area contributed by atoms with Crippen molar-refractivity contribution in [1.29, 1.82) is 0 Å². The van der Waals surface area contributed by atoms with Crippen molar-refractivity contribution in [3.63, 3.8) is 0 Å². The number of nitrogens with two attached hydrogens (primary N) is 1. The van der Waals surface area contributed by atoms with Crippen LogP contribution in [0.2, 0.25) is 0 Å². The van der Waals surface area contributed by atoms with E-state index in [-0.39, 0.29) is 12.2 Å². The highest BCUT2D eigenvalue weighted by Gasteiger charge is 2.26. The number of carbonyl (C=O) groups is 2. The molecule has 1 aliphatic heterocycles. The maximum absolute atomic E-state index is 10.9. The summed E-state index contributed by atoms with van der Waals surface area (Å²) >= 11 is 0. The van der Waals surface area contributed by atoms with Gasteiger partial charge in [0.1, 0.15) is 0 Å². The van der Waals surface area contributed by atoms with E-state index in [1.807, 2.05) is 0 Å². The molecular formula is C8H10N4O3. The lowest BCUT2D eigenvalue weighted by atomic mass is 10.1. The average molecular weight is 210 g/mol. The third-order valence-corrected chi connectivity index (χ3v) is 2.45. The van der Waals surface area contributed by atoms with Crippen LogP contribution in [-0.2, 0) is 13.0 Å². The van der Waals surface area contributed by atoms with E-state index in [1.165, 1.54) is 4.90 Å². The fraction of sp³-hybridized carbons (Fsp3) is 0.375. The van der Waals surface area contributed by atoms with Crippen LogP contribution in [0, 0.1) is 0 Å². The lowest BCUT2D eigenvalue weighted by Crippen LogP contribution is -2.39. The van der Waals surface area contributed by atoms with Gasteiger partial charge in [0, 0.05) is 24.2 Å². The first-order chi connectivity index (χ1) is 7.09. The monoisotopic (exact) mass is 210 g/mol. The quantitative estimate of drug-likeness (QED) is 0.582. The number of aromatic carboxylic acids is 1. The van der Waals surface area contributed by atoms with E-state index in [9.17, 15) is 9.59 Å². The van der Waals surface area contributed by atoms with Crippen LogP contribution in [0.25, 0.3) is 0 Å². The Bertz CT molecular complexity index is 426. The van der Waals surface area contributed by atoms with E-state index < -0.39 is 12.0 Å². The maximum Gasteiger partial charge on any atom is 0.356 e. The molecule has 1 aromatic heterocycles. The Morgan fingerprint density at radius 3 is 2.87 bits per heavy atom. The minimum absolute atomic E-state index is 0.0315. The molecule has 4 N–H and O–H groups in total. The second-order valence-electron chi connectivity index (χ2n) is 3.34. The highest BCUT2D eigenvalue weighted by atomic mass is 16.4. The van der Waals surface area contributed by atoms with Gasteiger partial charge in [0.05, 0.1) is 6.54 Å². The molecule has 0 spiro atoms. The van der Waals surface area contributed by atoms with E-state index in [1.54, 1.807) is 0 Å². The van der Waals surface area contributed by atoms with E-state index in [0.717, 1.165) is 5.69 Å². The first-order valence-corrected chi connectivity index (χ1v) is 4.43. The topological polar surface area (TPSA) is 112 Å². The van der Waals surface area contributed by atoms with Gasteiger partial charge in [-0.1, -0.05) is 0 Å². The molecule has 2 rings (SSSR count). The molecule has 0 unspecified atom stereocenters. The lowest BCUT2D eigenvalue weighted by Gasteiger charge is -2.24. The SMILES string of the molecule is NC(=O)N1CCc2[nH]nc(C(=O)O)c2C1. The van der Waals surface area contributed by atoms with E-state index in [4.69, 9.17) is 10.8 Å². The number of hydrogen-bond acceptors (Lipinski definition) is 3. The highest BCUT2D eigenvalue weighted by molar-refractivity contribution is 5.87. The summed E-state index contributed by atoms with van der Waals surface area (Å²) in [6.07, 6.45) is 0.554. The Labute approximate surface area is 84.9 Å². The van der Waals surface area contributed by atoms with Gasteiger partial charge < -0.3 is 15.7 Å². The van der Waals surface area contributed by atoms with Gasteiger partial charge in [-0.15, -0.1) is 0 Å². The Morgan fingerprint density at radius 2 is 2.27 bits per heavy atom. The van der Waals surface area contributed by atoms with Gasteiger partial charge in [0.25, 0.3) is 0 Å². The maximum atomic E-state index is 10.9. The average Bonchev–Trinajstić information content (AvgIpc) is 2.59. The third-order valence-electron chi connectivity index (χ3n) is 2.45. The van der Waals surface area contributed by atoms with Crippen molar-refractivity contribution in [1.82, 2.24) is 15.1 Å². The minimum Gasteiger partial charge on any atom is -0.476 e. The molecule has 1 aromatic rings. The summed E-state index contributed by atoms with van der Waals surface area (Å²) in [5, 5.41) is 15.2. The molecule has 0 aliphatic carbocycles. The van der Waals surface area contributed by atoms with Crippen LogP contribution >= 0.6 is 0 Å². The zero-order chi connectivity index (χ0) is 11.0. The van der Waals surface area contributed by atoms with Gasteiger partial charge in [0.2, 0.25) is 0 Å². The Balaban J connectivity index is 2.34. The highest BCUT2D eigenvalue weighted by Crippen LogP contribution is 2.19. The number of fused-ring (bicyclic) bond motifs is 1. The van der Waals surface area contributed by atoms with Gasteiger partial charge in [-0.3, -0.25) is 5.10 Å². The standard InChI is InChI=1S/C8H10N4O3/c9-8(15)12-2-1-5-4(3-12)6(7(13)14)11-10-5/h1-3H2,(H2,9,15)(H,10,11)(H,13,14). The number of aromatic amines is 1. The largest absolute Gasteiger partial charge is 0.476 e. The molecule has 7 heteroatoms. The van der Waals surface area contributed by atoms with Crippen molar-refractivity contribution in [2.24, 2.45) is 5.73 Å². The summed E-state index contributed by atoms with van der Waals surface area (Å²) < 4.78 is 0. The molecule has 7 nitrogen and oxygen atoms in total. The molecule has 0 bridgehead atoms. The number of rotatable bonds is 1. The summed E-state index contributed by atoms with van der Waals surface area (Å²) in [5.74, 6) is -1.10. The van der Waals surface area contributed by atoms with Crippen molar-refractivity contribution < 1.29 is 14.7 Å². The number of carbonyl (C=O) groups excluding carboxylic acids is 1. The number of H-pyrrole nitrogens is 1. The molecule has 0 saturated carbocycles. The van der Waals surface area contributed by atoms with Crippen molar-refractivity contribution in [3.05, 3.63) is 17.0 Å². The molecule has 0 saturated heterocycles. The number of amides is 2. The van der Waals surface area contributed by atoms with Crippen LogP contribution in [-0.4, -0.2) is 38.7 Å². The number of nitrogens with one attached hydrogen (secondary N) is 1. The molecule has 0 aromatic carbocycles. The van der Waals surface area contributed by atoms with E-state index >= 15 is 0 Å². The van der Waals surface area contributed by atoms with Crippen LogP contribution in [0.15, 0.2) is 0 Å². The fourth-order valence-electron chi connectivity index (χ4n) is 1.66. The zero-order valence-corrected chi connectivity index (χ0v) is 7.86.